The van der Waals surface area contributed by atoms with Crippen molar-refractivity contribution >= 4 is 38.3 Å². The van der Waals surface area contributed by atoms with E-state index in [1.54, 1.807) is 6.20 Å². The Labute approximate surface area is 221 Å². The second-order valence-electron chi connectivity index (χ2n) is 9.08. The summed E-state index contributed by atoms with van der Waals surface area (Å²) < 4.78 is 8.20. The number of benzene rings is 1. The van der Waals surface area contributed by atoms with Crippen LogP contribution in [0.3, 0.4) is 0 Å². The summed E-state index contributed by atoms with van der Waals surface area (Å²) in [6.45, 7) is 1.39. The van der Waals surface area contributed by atoms with Gasteiger partial charge < -0.3 is 15.4 Å². The number of thiazole rings is 1. The van der Waals surface area contributed by atoms with Crippen LogP contribution in [0, 0.1) is 0 Å². The molecule has 8 nitrogen and oxygen atoms in total. The molecule has 0 radical (unpaired) electrons. The zero-order valence-electron chi connectivity index (χ0n) is 19.8. The summed E-state index contributed by atoms with van der Waals surface area (Å²) in [6, 6.07) is 9.86. The minimum absolute atomic E-state index is 0.00482. The minimum atomic E-state index is 0.00482. The summed E-state index contributed by atoms with van der Waals surface area (Å²) in [4.78, 5) is 25.0. The highest BCUT2D eigenvalue weighted by atomic mass is 79.9. The van der Waals surface area contributed by atoms with Crippen molar-refractivity contribution in [3.63, 3.8) is 0 Å². The number of aryl methyl sites for hydroxylation is 1. The van der Waals surface area contributed by atoms with E-state index in [4.69, 9.17) is 15.6 Å². The molecule has 184 valence electrons. The molecule has 1 aliphatic carbocycles. The highest BCUT2D eigenvalue weighted by Gasteiger charge is 2.30. The van der Waals surface area contributed by atoms with Crippen LogP contribution >= 0.6 is 27.3 Å². The topological polar surface area (TPSA) is 99.2 Å². The molecule has 10 heteroatoms. The van der Waals surface area contributed by atoms with Crippen molar-refractivity contribution in [2.24, 2.45) is 0 Å². The van der Waals surface area contributed by atoms with E-state index in [1.807, 2.05) is 53.2 Å². The molecule has 2 N–H and O–H groups in total. The lowest BCUT2D eigenvalue weighted by Gasteiger charge is -2.31. The molecule has 36 heavy (non-hydrogen) atoms. The first-order valence-electron chi connectivity index (χ1n) is 11.9. The second kappa shape index (κ2) is 9.42. The summed E-state index contributed by atoms with van der Waals surface area (Å²) in [6.07, 6.45) is 6.96. The largest absolute Gasteiger partial charge is 0.381 e. The van der Waals surface area contributed by atoms with Crippen LogP contribution in [0.25, 0.3) is 27.5 Å². The van der Waals surface area contributed by atoms with Crippen LogP contribution < -0.4 is 5.73 Å². The lowest BCUT2D eigenvalue weighted by molar-refractivity contribution is 0.0362. The maximum atomic E-state index is 13.2. The van der Waals surface area contributed by atoms with Gasteiger partial charge in [-0.2, -0.15) is 5.10 Å². The quantitative estimate of drug-likeness (QED) is 0.384. The maximum Gasteiger partial charge on any atom is 0.253 e. The molecule has 0 atom stereocenters. The zero-order chi connectivity index (χ0) is 24.8. The smallest absolute Gasteiger partial charge is 0.253 e. The molecule has 1 saturated heterocycles. The van der Waals surface area contributed by atoms with Gasteiger partial charge in [0.25, 0.3) is 5.91 Å². The number of carbonyl (C=O) groups excluding carboxylic acids is 1. The Kier molecular flexibility index (Phi) is 6.10. The highest BCUT2D eigenvalue weighted by Crippen LogP contribution is 2.44. The Morgan fingerprint density at radius 3 is 2.83 bits per heavy atom. The van der Waals surface area contributed by atoms with Crippen molar-refractivity contribution in [3.8, 4) is 27.5 Å². The number of hydrogen-bond donors (Lipinski definition) is 1. The molecule has 0 spiro atoms. The van der Waals surface area contributed by atoms with E-state index in [-0.39, 0.29) is 11.9 Å². The molecule has 4 aromatic rings. The third kappa shape index (κ3) is 4.03. The number of carbonyl (C=O) groups is 1. The van der Waals surface area contributed by atoms with Gasteiger partial charge in [0, 0.05) is 59.9 Å². The van der Waals surface area contributed by atoms with Gasteiger partial charge in [-0.15, -0.1) is 0 Å². The van der Waals surface area contributed by atoms with Gasteiger partial charge in [0.2, 0.25) is 0 Å². The summed E-state index contributed by atoms with van der Waals surface area (Å²) in [5, 5.41) is 5.62. The molecular weight excluding hydrogens is 540 g/mol. The SMILES string of the molecule is CN(C(=O)c1ccc(-n2nc(-c3cccnc3)c3c2-c2sc(N)nc2CC3)c(Br)c1)C1CCOCC1. The van der Waals surface area contributed by atoms with E-state index < -0.39 is 0 Å². The number of nitrogens with two attached hydrogens (primary N) is 1. The van der Waals surface area contributed by atoms with Gasteiger partial charge in [0.05, 0.1) is 27.6 Å². The van der Waals surface area contributed by atoms with Gasteiger partial charge >= 0.3 is 0 Å². The number of anilines is 1. The number of ether oxygens (including phenoxy) is 1. The molecule has 6 rings (SSSR count). The Balaban J connectivity index is 1.43. The summed E-state index contributed by atoms with van der Waals surface area (Å²) in [7, 11) is 1.87. The van der Waals surface area contributed by atoms with Gasteiger partial charge in [-0.05, 0) is 71.9 Å². The molecule has 1 aromatic carbocycles. The van der Waals surface area contributed by atoms with Crippen molar-refractivity contribution < 1.29 is 9.53 Å². The molecule has 0 saturated carbocycles. The van der Waals surface area contributed by atoms with Crippen molar-refractivity contribution in [3.05, 3.63) is 64.0 Å². The average Bonchev–Trinajstić information content (AvgIpc) is 3.48. The molecule has 1 aliphatic heterocycles. The van der Waals surface area contributed by atoms with Crippen LogP contribution in [0.5, 0.6) is 0 Å². The zero-order valence-corrected chi connectivity index (χ0v) is 22.2. The predicted octanol–water partition coefficient (Wildman–Crippen LogP) is 4.75. The highest BCUT2D eigenvalue weighted by molar-refractivity contribution is 9.10. The van der Waals surface area contributed by atoms with E-state index >= 15 is 0 Å². The number of nitrogens with zero attached hydrogens (tertiary/aromatic N) is 5. The number of pyridine rings is 1. The second-order valence-corrected chi connectivity index (χ2v) is 11.0. The van der Waals surface area contributed by atoms with Crippen LogP contribution in [0.15, 0.2) is 47.2 Å². The standard InChI is InChI=1S/C26H25BrN6O2S/c1-32(17-8-11-35-12-9-17)25(34)15-4-7-21(19(27)13-15)33-23-18(5-6-20-24(23)36-26(28)30-20)22(31-33)16-3-2-10-29-14-16/h2-4,7,10,13-14,17H,5-6,8-9,11-12H2,1H3,(H2,28,30). The number of hydrogen-bond acceptors (Lipinski definition) is 7. The van der Waals surface area contributed by atoms with Crippen molar-refractivity contribution in [2.75, 3.05) is 26.0 Å². The van der Waals surface area contributed by atoms with E-state index in [1.165, 1.54) is 11.3 Å². The third-order valence-electron chi connectivity index (χ3n) is 6.94. The third-order valence-corrected chi connectivity index (χ3v) is 8.51. The minimum Gasteiger partial charge on any atom is -0.381 e. The van der Waals surface area contributed by atoms with E-state index in [2.05, 4.69) is 25.9 Å². The number of halogens is 1. The fourth-order valence-corrected chi connectivity index (χ4v) is 6.53. The van der Waals surface area contributed by atoms with E-state index in [0.717, 1.165) is 68.9 Å². The number of aromatic nitrogens is 4. The molecule has 4 heterocycles. The molecule has 0 bridgehead atoms. The van der Waals surface area contributed by atoms with E-state index in [0.29, 0.717) is 23.9 Å². The molecule has 3 aromatic heterocycles. The Morgan fingerprint density at radius 1 is 1.25 bits per heavy atom. The molecule has 1 amide bonds. The summed E-state index contributed by atoms with van der Waals surface area (Å²) in [5.74, 6) is 0.00482. The predicted molar refractivity (Wildman–Crippen MR) is 143 cm³/mol. The lowest BCUT2D eigenvalue weighted by Crippen LogP contribution is -2.40. The monoisotopic (exact) mass is 564 g/mol. The molecule has 1 fully saturated rings. The molecule has 2 aliphatic rings. The van der Waals surface area contributed by atoms with Gasteiger partial charge in [-0.1, -0.05) is 11.3 Å². The Morgan fingerprint density at radius 2 is 2.08 bits per heavy atom. The maximum absolute atomic E-state index is 13.2. The van der Waals surface area contributed by atoms with Crippen molar-refractivity contribution in [1.82, 2.24) is 24.6 Å². The van der Waals surface area contributed by atoms with Crippen LogP contribution in [0.1, 0.15) is 34.5 Å². The summed E-state index contributed by atoms with van der Waals surface area (Å²) in [5.41, 5.74) is 12.6. The van der Waals surface area contributed by atoms with Crippen molar-refractivity contribution in [1.29, 1.82) is 0 Å². The Hall–Kier alpha value is -3.08. The summed E-state index contributed by atoms with van der Waals surface area (Å²) >= 11 is 5.22. The first-order chi connectivity index (χ1) is 17.5. The van der Waals surface area contributed by atoms with Gasteiger partial charge in [-0.3, -0.25) is 9.78 Å². The van der Waals surface area contributed by atoms with Gasteiger partial charge in [-0.25, -0.2) is 9.67 Å². The first-order valence-corrected chi connectivity index (χ1v) is 13.5. The van der Waals surface area contributed by atoms with Crippen molar-refractivity contribution in [2.45, 2.75) is 31.7 Å². The first kappa shape index (κ1) is 23.3. The molecule has 0 unspecified atom stereocenters. The number of amides is 1. The van der Waals surface area contributed by atoms with Crippen LogP contribution in [0.4, 0.5) is 5.13 Å². The normalized spacial score (nSPS) is 15.4. The lowest BCUT2D eigenvalue weighted by atomic mass is 9.95. The van der Waals surface area contributed by atoms with Gasteiger partial charge in [0.15, 0.2) is 5.13 Å². The fraction of sp³-hybridized carbons (Fsp3) is 0.308. The number of fused-ring (bicyclic) bond motifs is 3. The number of rotatable bonds is 4. The fourth-order valence-electron chi connectivity index (χ4n) is 5.05. The number of nitrogen functional groups attached to an aromatic ring is 1. The van der Waals surface area contributed by atoms with Gasteiger partial charge in [0.1, 0.15) is 0 Å². The Bertz CT molecular complexity index is 1440. The van der Waals surface area contributed by atoms with Crippen LogP contribution in [0.2, 0.25) is 0 Å². The van der Waals surface area contributed by atoms with Crippen LogP contribution in [-0.2, 0) is 17.6 Å². The molecular formula is C26H25BrN6O2S. The average molecular weight is 565 g/mol. The van der Waals surface area contributed by atoms with Crippen LogP contribution in [-0.4, -0.2) is 56.9 Å². The van der Waals surface area contributed by atoms with E-state index in [9.17, 15) is 4.79 Å².